The van der Waals surface area contributed by atoms with Crippen LogP contribution in [-0.2, 0) is 4.79 Å². The predicted octanol–water partition coefficient (Wildman–Crippen LogP) is 4.59. The summed E-state index contributed by atoms with van der Waals surface area (Å²) in [6, 6.07) is 9.79. The molecule has 0 aromatic heterocycles. The highest BCUT2D eigenvalue weighted by Crippen LogP contribution is 2.42. The van der Waals surface area contributed by atoms with E-state index in [9.17, 15) is 4.79 Å². The van der Waals surface area contributed by atoms with Crippen molar-refractivity contribution in [2.45, 2.75) is 57.2 Å². The molecule has 3 rings (SSSR count). The molecule has 2 aliphatic carbocycles. The molecule has 1 atom stereocenters. The van der Waals surface area contributed by atoms with E-state index < -0.39 is 18.5 Å². The second-order valence-electron chi connectivity index (χ2n) is 6.18. The van der Waals surface area contributed by atoms with E-state index in [0.717, 1.165) is 25.7 Å². The van der Waals surface area contributed by atoms with Gasteiger partial charge in [0.05, 0.1) is 11.6 Å². The molecule has 2 fully saturated rings. The number of hydrogen-bond donors (Lipinski definition) is 0. The smallest absolute Gasteiger partial charge is 0.132 e. The number of Topliss-reactive ketones (excluding diaryl/α,β-unsaturated/α-hetero) is 1. The lowest BCUT2D eigenvalue weighted by molar-refractivity contribution is -0.121. The Balaban J connectivity index is 1.67. The van der Waals surface area contributed by atoms with E-state index in [1.165, 1.54) is 5.56 Å². The number of carbonyl (C=O) groups is 1. The van der Waals surface area contributed by atoms with E-state index >= 15 is 0 Å². The van der Waals surface area contributed by atoms with Crippen LogP contribution in [0.15, 0.2) is 24.3 Å². The van der Waals surface area contributed by atoms with Crippen molar-refractivity contribution in [3.63, 3.8) is 0 Å². The van der Waals surface area contributed by atoms with Gasteiger partial charge in [0.1, 0.15) is 5.78 Å². The van der Waals surface area contributed by atoms with E-state index in [-0.39, 0.29) is 18.3 Å². The number of carbonyl (C=O) groups excluding carboxylic acids is 1. The van der Waals surface area contributed by atoms with Crippen molar-refractivity contribution in [1.29, 1.82) is 5.26 Å². The first kappa shape index (κ1) is 10.2. The highest BCUT2D eigenvalue weighted by atomic mass is 16.1. The molecule has 0 N–H and O–H groups in total. The zero-order valence-corrected chi connectivity index (χ0v) is 12.1. The number of benzene rings is 1. The molecule has 0 heterocycles. The van der Waals surface area contributed by atoms with Crippen molar-refractivity contribution in [3.8, 4) is 6.07 Å². The van der Waals surface area contributed by atoms with Crippen molar-refractivity contribution in [3.05, 3.63) is 35.4 Å². The highest BCUT2D eigenvalue weighted by molar-refractivity contribution is 5.79. The van der Waals surface area contributed by atoms with E-state index in [4.69, 9.17) is 10.7 Å². The van der Waals surface area contributed by atoms with Gasteiger partial charge in [-0.15, -0.1) is 0 Å². The van der Waals surface area contributed by atoms with Gasteiger partial charge < -0.3 is 0 Å². The number of rotatable bonds is 2. The summed E-state index contributed by atoms with van der Waals surface area (Å²) in [5, 5.41) is 8.89. The average Bonchev–Trinajstić information content (AvgIpc) is 2.61. The Morgan fingerprint density at radius 1 is 1.05 bits per heavy atom. The second-order valence-corrected chi connectivity index (χ2v) is 6.18. The van der Waals surface area contributed by atoms with Crippen LogP contribution in [0.1, 0.15) is 73.8 Å². The molecule has 0 amide bonds. The van der Waals surface area contributed by atoms with Crippen LogP contribution < -0.4 is 0 Å². The summed E-state index contributed by atoms with van der Waals surface area (Å²) >= 11 is 0. The molecule has 1 aromatic carbocycles. The lowest BCUT2D eigenvalue weighted by Crippen LogP contribution is -2.25. The van der Waals surface area contributed by atoms with Crippen LogP contribution in [0.2, 0.25) is 0 Å². The van der Waals surface area contributed by atoms with Crippen LogP contribution in [0.5, 0.6) is 0 Å². The Morgan fingerprint density at radius 2 is 1.76 bits per heavy atom. The molecule has 110 valence electrons. The second kappa shape index (κ2) is 6.43. The monoisotopic (exact) mass is 285 g/mol. The van der Waals surface area contributed by atoms with Gasteiger partial charge in [-0.25, -0.2) is 0 Å². The van der Waals surface area contributed by atoms with Crippen LogP contribution in [0.3, 0.4) is 0 Å². The summed E-state index contributed by atoms with van der Waals surface area (Å²) in [6.07, 6.45) is -0.253. The minimum absolute atomic E-state index is 0.132. The summed E-state index contributed by atoms with van der Waals surface area (Å²) in [7, 11) is 0. The van der Waals surface area contributed by atoms with E-state index in [1.54, 1.807) is 0 Å². The summed E-state index contributed by atoms with van der Waals surface area (Å²) in [5.41, 5.74) is 1.87. The van der Waals surface area contributed by atoms with Gasteiger partial charge >= 0.3 is 0 Å². The fourth-order valence-electron chi connectivity index (χ4n) is 3.63. The van der Waals surface area contributed by atoms with Crippen molar-refractivity contribution >= 4 is 5.78 Å². The average molecular weight is 285 g/mol. The van der Waals surface area contributed by atoms with E-state index in [0.29, 0.717) is 17.9 Å². The van der Waals surface area contributed by atoms with Crippen molar-refractivity contribution in [1.82, 2.24) is 0 Å². The summed E-state index contributed by atoms with van der Waals surface area (Å²) in [4.78, 5) is 11.8. The Bertz CT molecular complexity index is 684. The van der Waals surface area contributed by atoms with Gasteiger partial charge in [0.25, 0.3) is 0 Å². The lowest BCUT2D eigenvalue weighted by Gasteiger charge is -2.35. The van der Waals surface area contributed by atoms with Gasteiger partial charge in [-0.1, -0.05) is 12.1 Å². The summed E-state index contributed by atoms with van der Waals surface area (Å²) < 4.78 is 32.3. The molecular weight excluding hydrogens is 258 g/mol. The van der Waals surface area contributed by atoms with Gasteiger partial charge in [0, 0.05) is 18.3 Å². The molecule has 0 radical (unpaired) electrons. The van der Waals surface area contributed by atoms with Crippen LogP contribution in [-0.4, -0.2) is 5.78 Å². The summed E-state index contributed by atoms with van der Waals surface area (Å²) in [5.74, 6) is -0.438. The van der Waals surface area contributed by atoms with Gasteiger partial charge in [-0.3, -0.25) is 4.79 Å². The standard InChI is InChI=1S/C19H23NO/c20-13-14-1-3-15(4-2-14)16-5-7-17(8-6-16)18-9-11-19(21)12-10-18/h1-4,16-18H,5-12H2/i9D2,11D2. The van der Waals surface area contributed by atoms with Crippen LogP contribution in [0.25, 0.3) is 0 Å². The molecule has 2 heteroatoms. The van der Waals surface area contributed by atoms with Crippen LogP contribution >= 0.6 is 0 Å². The molecule has 0 spiro atoms. The molecule has 0 bridgehead atoms. The van der Waals surface area contributed by atoms with Crippen molar-refractivity contribution in [2.75, 3.05) is 0 Å². The molecule has 0 aliphatic heterocycles. The zero-order valence-electron chi connectivity index (χ0n) is 16.1. The van der Waals surface area contributed by atoms with Gasteiger partial charge in [-0.2, -0.15) is 5.26 Å². The zero-order chi connectivity index (χ0) is 18.2. The SMILES string of the molecule is [2H]C1([2H])C(=O)CCC(C2CCC(c3ccc(C#N)cc3)CC2)C1([2H])[2H]. The normalized spacial score (nSPS) is 37.5. The third kappa shape index (κ3) is 3.35. The Labute approximate surface area is 132 Å². The van der Waals surface area contributed by atoms with E-state index in [1.807, 2.05) is 24.3 Å². The van der Waals surface area contributed by atoms with Crippen LogP contribution in [0.4, 0.5) is 0 Å². The van der Waals surface area contributed by atoms with Crippen LogP contribution in [0, 0.1) is 23.2 Å². The number of ketones is 1. The molecule has 1 aromatic rings. The third-order valence-electron chi connectivity index (χ3n) is 4.93. The fraction of sp³-hybridized carbons (Fsp3) is 0.579. The number of hydrogen-bond acceptors (Lipinski definition) is 2. The maximum absolute atomic E-state index is 11.8. The van der Waals surface area contributed by atoms with Gasteiger partial charge in [0.15, 0.2) is 0 Å². The minimum atomic E-state index is -2.38. The molecule has 0 saturated heterocycles. The van der Waals surface area contributed by atoms with E-state index in [2.05, 4.69) is 6.07 Å². The largest absolute Gasteiger partial charge is 0.300 e. The Kier molecular flexibility index (Phi) is 3.11. The van der Waals surface area contributed by atoms with Crippen molar-refractivity contribution in [2.24, 2.45) is 11.8 Å². The van der Waals surface area contributed by atoms with Gasteiger partial charge in [-0.05, 0) is 73.9 Å². The summed E-state index contributed by atoms with van der Waals surface area (Å²) in [6.45, 7) is 0. The first-order valence-corrected chi connectivity index (χ1v) is 7.80. The Hall–Kier alpha value is -1.62. The maximum Gasteiger partial charge on any atom is 0.132 e. The quantitative estimate of drug-likeness (QED) is 0.797. The van der Waals surface area contributed by atoms with Crippen molar-refractivity contribution < 1.29 is 10.3 Å². The topological polar surface area (TPSA) is 40.9 Å². The minimum Gasteiger partial charge on any atom is -0.300 e. The number of nitriles is 1. The number of nitrogens with zero attached hydrogens (tertiary/aromatic N) is 1. The molecule has 2 saturated carbocycles. The maximum atomic E-state index is 11.8. The first-order valence-electron chi connectivity index (χ1n) is 9.80. The molecule has 21 heavy (non-hydrogen) atoms. The molecule has 1 unspecified atom stereocenters. The lowest BCUT2D eigenvalue weighted by atomic mass is 9.70. The predicted molar refractivity (Wildman–Crippen MR) is 82.8 cm³/mol. The Morgan fingerprint density at radius 3 is 2.43 bits per heavy atom. The first-order chi connectivity index (χ1) is 11.8. The third-order valence-corrected chi connectivity index (χ3v) is 4.93. The molecular formula is C19H23NO. The molecule has 2 nitrogen and oxygen atoms in total. The molecule has 2 aliphatic rings. The fourth-order valence-corrected chi connectivity index (χ4v) is 3.63. The van der Waals surface area contributed by atoms with Gasteiger partial charge in [0.2, 0.25) is 0 Å². The highest BCUT2D eigenvalue weighted by Gasteiger charge is 2.30.